The molecule has 21 heavy (non-hydrogen) atoms. The second-order valence-corrected chi connectivity index (χ2v) is 5.83. The lowest BCUT2D eigenvalue weighted by Crippen LogP contribution is -2.49. The number of likely N-dealkylation sites (N-methyl/N-ethyl adjacent to an activating group) is 1. The van der Waals surface area contributed by atoms with Crippen molar-refractivity contribution in [1.82, 2.24) is 15.5 Å². The van der Waals surface area contributed by atoms with Crippen molar-refractivity contribution < 1.29 is 4.79 Å². The van der Waals surface area contributed by atoms with Crippen LogP contribution in [0, 0.1) is 6.92 Å². The standard InChI is InChI=1S/C17H27N3O/c1-3-20(16-5-4-10-18-12-16)13-17(21)19-11-15-8-6-14(2)7-9-15/h6-9,16,18H,3-5,10-13H2,1-2H3,(H,19,21). The largest absolute Gasteiger partial charge is 0.351 e. The number of piperidine rings is 1. The molecule has 0 spiro atoms. The lowest BCUT2D eigenvalue weighted by molar-refractivity contribution is -0.123. The van der Waals surface area contributed by atoms with Crippen molar-refractivity contribution in [1.29, 1.82) is 0 Å². The molecule has 1 fully saturated rings. The Balaban J connectivity index is 1.78. The maximum absolute atomic E-state index is 12.1. The predicted molar refractivity (Wildman–Crippen MR) is 86.2 cm³/mol. The zero-order valence-electron chi connectivity index (χ0n) is 13.2. The van der Waals surface area contributed by atoms with Gasteiger partial charge in [0, 0.05) is 19.1 Å². The fourth-order valence-electron chi connectivity index (χ4n) is 2.79. The van der Waals surface area contributed by atoms with E-state index in [1.54, 1.807) is 0 Å². The van der Waals surface area contributed by atoms with Gasteiger partial charge in [0.15, 0.2) is 0 Å². The van der Waals surface area contributed by atoms with Crippen molar-refractivity contribution >= 4 is 5.91 Å². The molecule has 2 rings (SSSR count). The van der Waals surface area contributed by atoms with Gasteiger partial charge in [0.05, 0.1) is 6.54 Å². The highest BCUT2D eigenvalue weighted by atomic mass is 16.2. The van der Waals surface area contributed by atoms with Gasteiger partial charge in [-0.3, -0.25) is 9.69 Å². The average molecular weight is 289 g/mol. The van der Waals surface area contributed by atoms with E-state index in [1.165, 1.54) is 18.4 Å². The molecule has 2 N–H and O–H groups in total. The van der Waals surface area contributed by atoms with Crippen LogP contribution in [0.25, 0.3) is 0 Å². The van der Waals surface area contributed by atoms with E-state index in [0.717, 1.165) is 25.2 Å². The molecule has 116 valence electrons. The Morgan fingerprint density at radius 3 is 2.76 bits per heavy atom. The summed E-state index contributed by atoms with van der Waals surface area (Å²) in [6.07, 6.45) is 2.39. The summed E-state index contributed by atoms with van der Waals surface area (Å²) in [5.74, 6) is 0.114. The molecule has 1 saturated heterocycles. The van der Waals surface area contributed by atoms with Crippen LogP contribution in [-0.2, 0) is 11.3 Å². The number of hydrogen-bond acceptors (Lipinski definition) is 3. The van der Waals surface area contributed by atoms with Gasteiger partial charge >= 0.3 is 0 Å². The maximum atomic E-state index is 12.1. The molecule has 4 nitrogen and oxygen atoms in total. The molecule has 0 aromatic heterocycles. The Kier molecular flexibility index (Phi) is 6.21. The first-order valence-corrected chi connectivity index (χ1v) is 7.96. The van der Waals surface area contributed by atoms with Crippen LogP contribution in [0.1, 0.15) is 30.9 Å². The summed E-state index contributed by atoms with van der Waals surface area (Å²) in [4.78, 5) is 14.4. The van der Waals surface area contributed by atoms with Crippen LogP contribution in [0.3, 0.4) is 0 Å². The third kappa shape index (κ3) is 5.14. The summed E-state index contributed by atoms with van der Waals surface area (Å²) in [6.45, 7) is 8.33. The number of aryl methyl sites for hydroxylation is 1. The zero-order valence-corrected chi connectivity index (χ0v) is 13.2. The molecule has 1 atom stereocenters. The van der Waals surface area contributed by atoms with Crippen molar-refractivity contribution in [2.75, 3.05) is 26.2 Å². The van der Waals surface area contributed by atoms with Crippen LogP contribution < -0.4 is 10.6 Å². The average Bonchev–Trinajstić information content (AvgIpc) is 2.53. The summed E-state index contributed by atoms with van der Waals surface area (Å²) in [5, 5.41) is 6.43. The van der Waals surface area contributed by atoms with Gasteiger partial charge in [-0.15, -0.1) is 0 Å². The van der Waals surface area contributed by atoms with Crippen LogP contribution in [-0.4, -0.2) is 43.0 Å². The number of amides is 1. The maximum Gasteiger partial charge on any atom is 0.234 e. The van der Waals surface area contributed by atoms with E-state index in [9.17, 15) is 4.79 Å². The minimum atomic E-state index is 0.114. The first kappa shape index (κ1) is 16.0. The van der Waals surface area contributed by atoms with Crippen LogP contribution in [0.4, 0.5) is 0 Å². The fourth-order valence-corrected chi connectivity index (χ4v) is 2.79. The van der Waals surface area contributed by atoms with Crippen molar-refractivity contribution in [2.45, 2.75) is 39.3 Å². The minimum absolute atomic E-state index is 0.114. The van der Waals surface area contributed by atoms with Gasteiger partial charge in [0.2, 0.25) is 5.91 Å². The molecule has 1 unspecified atom stereocenters. The van der Waals surface area contributed by atoms with E-state index < -0.39 is 0 Å². The van der Waals surface area contributed by atoms with Crippen molar-refractivity contribution in [3.8, 4) is 0 Å². The molecular weight excluding hydrogens is 262 g/mol. The molecule has 1 aliphatic heterocycles. The fraction of sp³-hybridized carbons (Fsp3) is 0.588. The molecule has 1 aromatic carbocycles. The molecular formula is C17H27N3O. The van der Waals surface area contributed by atoms with Gasteiger partial charge in [-0.25, -0.2) is 0 Å². The number of carbonyl (C=O) groups is 1. The molecule has 1 amide bonds. The van der Waals surface area contributed by atoms with Gasteiger partial charge in [-0.2, -0.15) is 0 Å². The Hall–Kier alpha value is -1.39. The molecule has 0 saturated carbocycles. The number of nitrogens with zero attached hydrogens (tertiary/aromatic N) is 1. The van der Waals surface area contributed by atoms with Gasteiger partial charge in [-0.05, 0) is 38.4 Å². The molecule has 1 heterocycles. The summed E-state index contributed by atoms with van der Waals surface area (Å²) >= 11 is 0. The second-order valence-electron chi connectivity index (χ2n) is 5.83. The number of carbonyl (C=O) groups excluding carboxylic acids is 1. The molecule has 1 aliphatic rings. The Labute approximate surface area is 127 Å². The van der Waals surface area contributed by atoms with Crippen molar-refractivity contribution in [2.24, 2.45) is 0 Å². The minimum Gasteiger partial charge on any atom is -0.351 e. The summed E-state index contributed by atoms with van der Waals surface area (Å²) in [7, 11) is 0. The first-order valence-electron chi connectivity index (χ1n) is 7.96. The monoisotopic (exact) mass is 289 g/mol. The first-order chi connectivity index (χ1) is 10.2. The SMILES string of the molecule is CCN(CC(=O)NCc1ccc(C)cc1)C1CCCNC1. The quantitative estimate of drug-likeness (QED) is 0.837. The predicted octanol–water partition coefficient (Wildman–Crippen LogP) is 1.69. The normalized spacial score (nSPS) is 18.7. The van der Waals surface area contributed by atoms with Crippen LogP contribution in [0.15, 0.2) is 24.3 Å². The van der Waals surface area contributed by atoms with Gasteiger partial charge in [0.1, 0.15) is 0 Å². The van der Waals surface area contributed by atoms with E-state index in [4.69, 9.17) is 0 Å². The smallest absolute Gasteiger partial charge is 0.234 e. The summed E-state index contributed by atoms with van der Waals surface area (Å²) < 4.78 is 0. The zero-order chi connectivity index (χ0) is 15.1. The van der Waals surface area contributed by atoms with E-state index in [2.05, 4.69) is 53.6 Å². The Morgan fingerprint density at radius 1 is 1.38 bits per heavy atom. The third-order valence-corrected chi connectivity index (χ3v) is 4.15. The summed E-state index contributed by atoms with van der Waals surface area (Å²) in [5.41, 5.74) is 2.39. The highest BCUT2D eigenvalue weighted by molar-refractivity contribution is 5.78. The number of hydrogen-bond donors (Lipinski definition) is 2. The van der Waals surface area contributed by atoms with E-state index in [-0.39, 0.29) is 5.91 Å². The highest BCUT2D eigenvalue weighted by Gasteiger charge is 2.21. The lowest BCUT2D eigenvalue weighted by Gasteiger charge is -2.33. The summed E-state index contributed by atoms with van der Waals surface area (Å²) in [6, 6.07) is 8.78. The lowest BCUT2D eigenvalue weighted by atomic mass is 10.1. The number of rotatable bonds is 6. The Morgan fingerprint density at radius 2 is 2.14 bits per heavy atom. The van der Waals surface area contributed by atoms with E-state index in [1.807, 2.05) is 0 Å². The van der Waals surface area contributed by atoms with Gasteiger partial charge in [-0.1, -0.05) is 36.8 Å². The van der Waals surface area contributed by atoms with E-state index in [0.29, 0.717) is 19.1 Å². The van der Waals surface area contributed by atoms with E-state index >= 15 is 0 Å². The number of benzene rings is 1. The van der Waals surface area contributed by atoms with Gasteiger partial charge in [0.25, 0.3) is 0 Å². The highest BCUT2D eigenvalue weighted by Crippen LogP contribution is 2.09. The topological polar surface area (TPSA) is 44.4 Å². The molecule has 4 heteroatoms. The van der Waals surface area contributed by atoms with Crippen molar-refractivity contribution in [3.63, 3.8) is 0 Å². The Bertz CT molecular complexity index is 438. The van der Waals surface area contributed by atoms with Crippen molar-refractivity contribution in [3.05, 3.63) is 35.4 Å². The van der Waals surface area contributed by atoms with Crippen LogP contribution >= 0.6 is 0 Å². The molecule has 0 aliphatic carbocycles. The van der Waals surface area contributed by atoms with Gasteiger partial charge < -0.3 is 10.6 Å². The van der Waals surface area contributed by atoms with Crippen LogP contribution in [0.5, 0.6) is 0 Å². The number of nitrogens with one attached hydrogen (secondary N) is 2. The molecule has 0 radical (unpaired) electrons. The van der Waals surface area contributed by atoms with Crippen LogP contribution in [0.2, 0.25) is 0 Å². The molecule has 0 bridgehead atoms. The third-order valence-electron chi connectivity index (χ3n) is 4.15. The molecule has 1 aromatic rings. The second kappa shape index (κ2) is 8.15.